The minimum atomic E-state index is -0.840. The predicted molar refractivity (Wildman–Crippen MR) is 88.5 cm³/mol. The molecule has 112 valence electrons. The summed E-state index contributed by atoms with van der Waals surface area (Å²) in [6, 6.07) is 4.18. The highest BCUT2D eigenvalue weighted by Crippen LogP contribution is 2.32. The van der Waals surface area contributed by atoms with Crippen LogP contribution in [0, 0.1) is 13.8 Å². The number of halogens is 1. The molecule has 1 aromatic carbocycles. The van der Waals surface area contributed by atoms with E-state index in [4.69, 9.17) is 5.11 Å². The van der Waals surface area contributed by atoms with E-state index < -0.39 is 5.97 Å². The van der Waals surface area contributed by atoms with Gasteiger partial charge in [-0.15, -0.1) is 0 Å². The Balaban J connectivity index is 2.56. The van der Waals surface area contributed by atoms with Gasteiger partial charge in [0.25, 0.3) is 0 Å². The molecule has 0 unspecified atom stereocenters. The molecule has 21 heavy (non-hydrogen) atoms. The predicted octanol–water partition coefficient (Wildman–Crippen LogP) is 3.99. The highest BCUT2D eigenvalue weighted by molar-refractivity contribution is 9.10. The van der Waals surface area contributed by atoms with E-state index in [1.807, 2.05) is 10.8 Å². The average Bonchev–Trinajstić information content (AvgIpc) is 2.78. The van der Waals surface area contributed by atoms with Crippen molar-refractivity contribution in [1.82, 2.24) is 9.55 Å². The van der Waals surface area contributed by atoms with Gasteiger partial charge < -0.3 is 5.11 Å². The molecule has 0 saturated heterocycles. The maximum absolute atomic E-state index is 10.8. The molecule has 1 N–H and O–H groups in total. The van der Waals surface area contributed by atoms with E-state index in [-0.39, 0.29) is 5.75 Å². The van der Waals surface area contributed by atoms with Gasteiger partial charge in [0, 0.05) is 16.4 Å². The van der Waals surface area contributed by atoms with E-state index in [0.717, 1.165) is 27.8 Å². The Morgan fingerprint density at radius 2 is 2.14 bits per heavy atom. The smallest absolute Gasteiger partial charge is 0.313 e. The Bertz CT molecular complexity index is 659. The minimum Gasteiger partial charge on any atom is -0.481 e. The van der Waals surface area contributed by atoms with Gasteiger partial charge in [-0.05, 0) is 53.4 Å². The molecule has 0 spiro atoms. The second-order valence-corrected chi connectivity index (χ2v) is 6.61. The maximum atomic E-state index is 10.8. The molecule has 0 atom stereocenters. The molecule has 2 aromatic rings. The molecule has 0 radical (unpaired) electrons. The normalized spacial score (nSPS) is 10.9. The Morgan fingerprint density at radius 3 is 2.71 bits per heavy atom. The van der Waals surface area contributed by atoms with Crippen LogP contribution < -0.4 is 0 Å². The fourth-order valence-corrected chi connectivity index (χ4v) is 3.84. The average molecular weight is 369 g/mol. The molecule has 0 saturated carbocycles. The SMILES string of the molecule is CCc1cnc(SCC(=O)O)n1-c1c(C)cc(C)cc1Br. The summed E-state index contributed by atoms with van der Waals surface area (Å²) in [5, 5.41) is 9.59. The molecule has 0 aliphatic carbocycles. The number of carbonyl (C=O) groups is 1. The number of hydrogen-bond donors (Lipinski definition) is 1. The molecule has 6 heteroatoms. The fourth-order valence-electron chi connectivity index (χ4n) is 2.28. The number of benzene rings is 1. The number of carboxylic acid groups (broad SMARTS) is 1. The highest BCUT2D eigenvalue weighted by atomic mass is 79.9. The van der Waals surface area contributed by atoms with Crippen LogP contribution in [-0.4, -0.2) is 26.4 Å². The van der Waals surface area contributed by atoms with Crippen molar-refractivity contribution in [2.24, 2.45) is 0 Å². The molecule has 2 rings (SSSR count). The van der Waals surface area contributed by atoms with Crippen LogP contribution in [0.1, 0.15) is 23.7 Å². The summed E-state index contributed by atoms with van der Waals surface area (Å²) in [6.07, 6.45) is 2.65. The topological polar surface area (TPSA) is 55.1 Å². The number of imidazole rings is 1. The molecule has 4 nitrogen and oxygen atoms in total. The molecular formula is C15H17BrN2O2S. The number of aliphatic carboxylic acids is 1. The molecule has 0 aliphatic rings. The number of hydrogen-bond acceptors (Lipinski definition) is 3. The van der Waals surface area contributed by atoms with E-state index >= 15 is 0 Å². The largest absolute Gasteiger partial charge is 0.481 e. The number of rotatable bonds is 5. The van der Waals surface area contributed by atoms with E-state index in [9.17, 15) is 4.79 Å². The van der Waals surface area contributed by atoms with Crippen LogP contribution in [0.3, 0.4) is 0 Å². The zero-order valence-electron chi connectivity index (χ0n) is 12.2. The summed E-state index contributed by atoms with van der Waals surface area (Å²) < 4.78 is 3.04. The van der Waals surface area contributed by atoms with Gasteiger partial charge in [0.05, 0.1) is 11.4 Å². The molecule has 0 amide bonds. The van der Waals surface area contributed by atoms with Gasteiger partial charge in [0.1, 0.15) is 0 Å². The van der Waals surface area contributed by atoms with Crippen LogP contribution in [0.2, 0.25) is 0 Å². The van der Waals surface area contributed by atoms with Gasteiger partial charge in [0.15, 0.2) is 5.16 Å². The molecular weight excluding hydrogens is 352 g/mol. The van der Waals surface area contributed by atoms with Gasteiger partial charge in [-0.1, -0.05) is 24.8 Å². The summed E-state index contributed by atoms with van der Waals surface area (Å²) in [6.45, 7) is 6.17. The lowest BCUT2D eigenvalue weighted by molar-refractivity contribution is -0.133. The quantitative estimate of drug-likeness (QED) is 0.810. The first kappa shape index (κ1) is 16.1. The van der Waals surface area contributed by atoms with Gasteiger partial charge in [-0.25, -0.2) is 4.98 Å². The number of aromatic nitrogens is 2. The lowest BCUT2D eigenvalue weighted by Gasteiger charge is -2.16. The van der Waals surface area contributed by atoms with Crippen molar-refractivity contribution < 1.29 is 9.90 Å². The van der Waals surface area contributed by atoms with Crippen molar-refractivity contribution in [1.29, 1.82) is 0 Å². The Hall–Kier alpha value is -1.27. The van der Waals surface area contributed by atoms with Crippen molar-refractivity contribution in [3.05, 3.63) is 39.6 Å². The second kappa shape index (κ2) is 6.66. The third-order valence-electron chi connectivity index (χ3n) is 3.11. The van der Waals surface area contributed by atoms with Crippen molar-refractivity contribution in [3.63, 3.8) is 0 Å². The van der Waals surface area contributed by atoms with Crippen LogP contribution >= 0.6 is 27.7 Å². The molecule has 0 bridgehead atoms. The van der Waals surface area contributed by atoms with E-state index in [1.54, 1.807) is 0 Å². The van der Waals surface area contributed by atoms with Crippen molar-refractivity contribution in [3.8, 4) is 5.69 Å². The van der Waals surface area contributed by atoms with E-state index in [1.165, 1.54) is 17.3 Å². The first-order chi connectivity index (χ1) is 9.93. The van der Waals surface area contributed by atoms with Crippen molar-refractivity contribution in [2.75, 3.05) is 5.75 Å². The highest BCUT2D eigenvalue weighted by Gasteiger charge is 2.17. The monoisotopic (exact) mass is 368 g/mol. The lowest BCUT2D eigenvalue weighted by atomic mass is 10.1. The lowest BCUT2D eigenvalue weighted by Crippen LogP contribution is -2.06. The molecule has 0 aliphatic heterocycles. The standard InChI is InChI=1S/C15H17BrN2O2S/c1-4-11-7-17-15(21-8-13(19)20)18(11)14-10(3)5-9(2)6-12(14)16/h5-7H,4,8H2,1-3H3,(H,19,20). The number of carboxylic acids is 1. The third-order valence-corrected chi connectivity index (χ3v) is 4.65. The van der Waals surface area contributed by atoms with E-state index in [2.05, 4.69) is 53.8 Å². The van der Waals surface area contributed by atoms with Crippen LogP contribution in [0.4, 0.5) is 0 Å². The minimum absolute atomic E-state index is 0.00267. The Kier molecular flexibility index (Phi) is 5.11. The zero-order valence-corrected chi connectivity index (χ0v) is 14.6. The van der Waals surface area contributed by atoms with Gasteiger partial charge >= 0.3 is 5.97 Å². The van der Waals surface area contributed by atoms with Crippen molar-refractivity contribution in [2.45, 2.75) is 32.3 Å². The Morgan fingerprint density at radius 1 is 1.43 bits per heavy atom. The van der Waals surface area contributed by atoms with Gasteiger partial charge in [0.2, 0.25) is 0 Å². The third kappa shape index (κ3) is 3.49. The molecule has 0 fully saturated rings. The Labute approximate surface area is 136 Å². The van der Waals surface area contributed by atoms with Crippen LogP contribution in [0.5, 0.6) is 0 Å². The van der Waals surface area contributed by atoms with Gasteiger partial charge in [-0.3, -0.25) is 9.36 Å². The summed E-state index contributed by atoms with van der Waals surface area (Å²) in [7, 11) is 0. The molecule has 1 heterocycles. The zero-order chi connectivity index (χ0) is 15.6. The summed E-state index contributed by atoms with van der Waals surface area (Å²) in [5.74, 6) is -0.838. The summed E-state index contributed by atoms with van der Waals surface area (Å²) in [4.78, 5) is 15.2. The van der Waals surface area contributed by atoms with Crippen LogP contribution in [-0.2, 0) is 11.2 Å². The van der Waals surface area contributed by atoms with Crippen molar-refractivity contribution >= 4 is 33.7 Å². The van der Waals surface area contributed by atoms with Gasteiger partial charge in [-0.2, -0.15) is 0 Å². The van der Waals surface area contributed by atoms with Crippen LogP contribution in [0.25, 0.3) is 5.69 Å². The van der Waals surface area contributed by atoms with E-state index in [0.29, 0.717) is 5.16 Å². The number of nitrogens with zero attached hydrogens (tertiary/aromatic N) is 2. The molecule has 1 aromatic heterocycles. The number of aryl methyl sites for hydroxylation is 3. The first-order valence-corrected chi connectivity index (χ1v) is 8.40. The maximum Gasteiger partial charge on any atom is 0.313 e. The van der Waals surface area contributed by atoms with Crippen LogP contribution in [0.15, 0.2) is 28.0 Å². The summed E-state index contributed by atoms with van der Waals surface area (Å²) >= 11 is 4.86. The first-order valence-electron chi connectivity index (χ1n) is 6.62. The fraction of sp³-hybridized carbons (Fsp3) is 0.333. The number of thioether (sulfide) groups is 1. The second-order valence-electron chi connectivity index (χ2n) is 4.82. The summed E-state index contributed by atoms with van der Waals surface area (Å²) in [5.41, 5.74) is 4.41.